The summed E-state index contributed by atoms with van der Waals surface area (Å²) in [6, 6.07) is 1.72. The number of hydrogen-bond acceptors (Lipinski definition) is 5. The summed E-state index contributed by atoms with van der Waals surface area (Å²) in [4.78, 5) is 11.9. The summed E-state index contributed by atoms with van der Waals surface area (Å²) in [7, 11) is 0. The van der Waals surface area contributed by atoms with E-state index in [2.05, 4.69) is 20.8 Å². The molecule has 1 amide bonds. The Labute approximate surface area is 168 Å². The lowest BCUT2D eigenvalue weighted by Gasteiger charge is -2.32. The van der Waals surface area contributed by atoms with E-state index in [1.54, 1.807) is 0 Å². The number of anilines is 1. The highest BCUT2D eigenvalue weighted by atomic mass is 19.4. The zero-order valence-electron chi connectivity index (χ0n) is 16.1. The number of aromatic nitrogens is 2. The van der Waals surface area contributed by atoms with Crippen LogP contribution in [0.15, 0.2) is 24.4 Å². The molecule has 7 nitrogen and oxygen atoms in total. The molecular weight excluding hydrogens is 413 g/mol. The van der Waals surface area contributed by atoms with Gasteiger partial charge in [-0.25, -0.2) is 8.78 Å². The molecule has 0 aliphatic carbocycles. The Kier molecular flexibility index (Phi) is 7.03. The monoisotopic (exact) mass is 435 g/mol. The Bertz CT molecular complexity index is 847. The van der Waals surface area contributed by atoms with Crippen LogP contribution in [0.25, 0.3) is 11.3 Å². The molecule has 2 atom stereocenters. The largest absolute Gasteiger partial charge is 0.395 e. The van der Waals surface area contributed by atoms with Crippen molar-refractivity contribution in [3.63, 3.8) is 0 Å². The molecule has 0 spiro atoms. The van der Waals surface area contributed by atoms with Crippen molar-refractivity contribution in [3.8, 4) is 11.3 Å². The Morgan fingerprint density at radius 2 is 1.83 bits per heavy atom. The molecule has 2 aromatic rings. The molecule has 1 heterocycles. The van der Waals surface area contributed by atoms with Crippen LogP contribution in [0.4, 0.5) is 27.6 Å². The van der Waals surface area contributed by atoms with Crippen LogP contribution >= 0.6 is 0 Å². The van der Waals surface area contributed by atoms with Crippen molar-refractivity contribution < 1.29 is 31.9 Å². The first kappa shape index (κ1) is 23.5. The molecule has 0 saturated carbocycles. The third-order valence-corrected chi connectivity index (χ3v) is 4.66. The van der Waals surface area contributed by atoms with Gasteiger partial charge in [-0.3, -0.25) is 9.89 Å². The molecule has 0 radical (unpaired) electrons. The van der Waals surface area contributed by atoms with Gasteiger partial charge in [-0.15, -0.1) is 0 Å². The first-order valence-electron chi connectivity index (χ1n) is 8.85. The zero-order valence-corrected chi connectivity index (χ0v) is 16.1. The fourth-order valence-electron chi connectivity index (χ4n) is 2.44. The minimum Gasteiger partial charge on any atom is -0.389 e. The number of amides is 1. The number of benzene rings is 1. The number of nitrogens with two attached hydrogens (primary N) is 1. The van der Waals surface area contributed by atoms with Gasteiger partial charge in [0.05, 0.1) is 23.3 Å². The fourth-order valence-corrected chi connectivity index (χ4v) is 2.44. The summed E-state index contributed by atoms with van der Waals surface area (Å²) < 4.78 is 67.3. The van der Waals surface area contributed by atoms with Gasteiger partial charge in [0, 0.05) is 24.8 Å². The molecule has 1 aromatic heterocycles. The van der Waals surface area contributed by atoms with Gasteiger partial charge in [-0.05, 0) is 32.0 Å². The van der Waals surface area contributed by atoms with Crippen molar-refractivity contribution in [1.82, 2.24) is 15.5 Å². The molecule has 0 unspecified atom stereocenters. The van der Waals surface area contributed by atoms with Crippen molar-refractivity contribution in [2.24, 2.45) is 11.1 Å². The third-order valence-electron chi connectivity index (χ3n) is 4.66. The Hall–Kier alpha value is -2.73. The lowest BCUT2D eigenvalue weighted by Crippen LogP contribution is -2.56. The maximum atomic E-state index is 14.2. The van der Waals surface area contributed by atoms with Crippen LogP contribution in [0.5, 0.6) is 0 Å². The van der Waals surface area contributed by atoms with Crippen LogP contribution in [0.1, 0.15) is 13.8 Å². The van der Waals surface area contributed by atoms with E-state index in [9.17, 15) is 31.9 Å². The quantitative estimate of drug-likeness (QED) is 0.408. The standard InChI is InChI=1S/C18H22F5N5O2/c1-17(2,18(21,22)23)15(24)16(30)26-8-10(29)7-25-14-11(19)5-9(6-12(14)20)13-3-4-27-28-13/h3-6,10,15,25,29H,7-8,24H2,1-2H3,(H,26,30)(H,27,28)/t10-,15+/m0/s1. The van der Waals surface area contributed by atoms with Gasteiger partial charge in [-0.1, -0.05) is 0 Å². The molecule has 0 saturated heterocycles. The molecule has 0 fully saturated rings. The predicted octanol–water partition coefficient (Wildman–Crippen LogP) is 2.16. The first-order valence-corrected chi connectivity index (χ1v) is 8.85. The molecule has 2 rings (SSSR count). The number of rotatable bonds is 8. The Morgan fingerprint density at radius 3 is 2.33 bits per heavy atom. The second-order valence-electron chi connectivity index (χ2n) is 7.25. The molecular formula is C18H22F5N5O2. The summed E-state index contributed by atoms with van der Waals surface area (Å²) in [5.74, 6) is -2.98. The van der Waals surface area contributed by atoms with Crippen molar-refractivity contribution in [2.45, 2.75) is 32.2 Å². The van der Waals surface area contributed by atoms with E-state index >= 15 is 0 Å². The van der Waals surface area contributed by atoms with Gasteiger partial charge >= 0.3 is 6.18 Å². The molecule has 6 N–H and O–H groups in total. The van der Waals surface area contributed by atoms with E-state index < -0.39 is 53.5 Å². The van der Waals surface area contributed by atoms with Gasteiger partial charge in [0.25, 0.3) is 0 Å². The van der Waals surface area contributed by atoms with Crippen molar-refractivity contribution in [3.05, 3.63) is 36.0 Å². The minimum atomic E-state index is -4.71. The smallest absolute Gasteiger partial charge is 0.389 e. The third kappa shape index (κ3) is 5.25. The summed E-state index contributed by atoms with van der Waals surface area (Å²) in [6.07, 6.45) is -4.56. The molecule has 30 heavy (non-hydrogen) atoms. The van der Waals surface area contributed by atoms with Crippen LogP contribution in [0, 0.1) is 17.0 Å². The molecule has 1 aromatic carbocycles. The van der Waals surface area contributed by atoms with Crippen molar-refractivity contribution in [1.29, 1.82) is 0 Å². The van der Waals surface area contributed by atoms with Crippen LogP contribution < -0.4 is 16.4 Å². The van der Waals surface area contributed by atoms with Crippen molar-refractivity contribution in [2.75, 3.05) is 18.4 Å². The number of alkyl halides is 3. The van der Waals surface area contributed by atoms with Gasteiger partial charge in [0.15, 0.2) is 0 Å². The number of halogens is 5. The molecule has 0 bridgehead atoms. The first-order chi connectivity index (χ1) is 13.8. The molecule has 0 aliphatic rings. The summed E-state index contributed by atoms with van der Waals surface area (Å²) in [5, 5.41) is 20.7. The summed E-state index contributed by atoms with van der Waals surface area (Å²) >= 11 is 0. The highest BCUT2D eigenvalue weighted by Crippen LogP contribution is 2.39. The second kappa shape index (κ2) is 8.96. The Morgan fingerprint density at radius 1 is 1.23 bits per heavy atom. The fraction of sp³-hybridized carbons (Fsp3) is 0.444. The van der Waals surface area contributed by atoms with Crippen LogP contribution in [-0.4, -0.2) is 52.6 Å². The van der Waals surface area contributed by atoms with Gasteiger partial charge in [-0.2, -0.15) is 18.3 Å². The number of carbonyl (C=O) groups excluding carboxylic acids is 1. The number of hydrogen-bond donors (Lipinski definition) is 5. The van der Waals surface area contributed by atoms with Crippen LogP contribution in [0.3, 0.4) is 0 Å². The maximum absolute atomic E-state index is 14.2. The van der Waals surface area contributed by atoms with E-state index in [1.807, 2.05) is 0 Å². The average Bonchev–Trinajstić information content (AvgIpc) is 3.18. The lowest BCUT2D eigenvalue weighted by molar-refractivity contribution is -0.218. The normalized spacial score (nSPS) is 14.3. The van der Waals surface area contributed by atoms with E-state index in [4.69, 9.17) is 5.73 Å². The van der Waals surface area contributed by atoms with Gasteiger partial charge in [0.1, 0.15) is 17.3 Å². The zero-order chi connectivity index (χ0) is 22.7. The average molecular weight is 435 g/mol. The van der Waals surface area contributed by atoms with Gasteiger partial charge < -0.3 is 21.5 Å². The van der Waals surface area contributed by atoms with Crippen molar-refractivity contribution >= 4 is 11.6 Å². The second-order valence-corrected chi connectivity index (χ2v) is 7.25. The van der Waals surface area contributed by atoms with Crippen LogP contribution in [-0.2, 0) is 4.79 Å². The lowest BCUT2D eigenvalue weighted by atomic mass is 9.83. The number of H-pyrrole nitrogens is 1. The minimum absolute atomic E-state index is 0.200. The van der Waals surface area contributed by atoms with E-state index in [0.717, 1.165) is 26.0 Å². The van der Waals surface area contributed by atoms with E-state index in [-0.39, 0.29) is 12.1 Å². The number of nitrogens with one attached hydrogen (secondary N) is 3. The molecule has 0 aliphatic heterocycles. The number of aromatic amines is 1. The highest BCUT2D eigenvalue weighted by molar-refractivity contribution is 5.82. The number of aliphatic hydroxyl groups is 1. The summed E-state index contributed by atoms with van der Waals surface area (Å²) in [5.41, 5.74) is 2.94. The van der Waals surface area contributed by atoms with Gasteiger partial charge in [0.2, 0.25) is 5.91 Å². The SMILES string of the molecule is CC(C)([C@H](N)C(=O)NC[C@@H](O)CNc1c(F)cc(-c2cc[nH]n2)cc1F)C(F)(F)F. The van der Waals surface area contributed by atoms with E-state index in [0.29, 0.717) is 5.69 Å². The molecule has 166 valence electrons. The Balaban J connectivity index is 1.92. The molecule has 12 heteroatoms. The number of nitrogens with zero attached hydrogens (tertiary/aromatic N) is 1. The number of carbonyl (C=O) groups is 1. The van der Waals surface area contributed by atoms with E-state index in [1.165, 1.54) is 12.3 Å². The predicted molar refractivity (Wildman–Crippen MR) is 99.3 cm³/mol. The maximum Gasteiger partial charge on any atom is 0.395 e. The topological polar surface area (TPSA) is 116 Å². The number of aliphatic hydroxyl groups excluding tert-OH is 1. The highest BCUT2D eigenvalue weighted by Gasteiger charge is 2.53. The summed E-state index contributed by atoms with van der Waals surface area (Å²) in [6.45, 7) is 0.719. The van der Waals surface area contributed by atoms with Crippen LogP contribution in [0.2, 0.25) is 0 Å².